The van der Waals surface area contributed by atoms with Gasteiger partial charge in [-0.2, -0.15) is 4.31 Å². The van der Waals surface area contributed by atoms with Gasteiger partial charge in [-0.15, -0.1) is 0 Å². The van der Waals surface area contributed by atoms with Gasteiger partial charge in [0.05, 0.1) is 9.82 Å². The Kier molecular flexibility index (Phi) is 5.97. The van der Waals surface area contributed by atoms with Crippen LogP contribution >= 0.6 is 0 Å². The zero-order valence-corrected chi connectivity index (χ0v) is 16.7. The van der Waals surface area contributed by atoms with Gasteiger partial charge in [0, 0.05) is 32.2 Å². The van der Waals surface area contributed by atoms with Crippen LogP contribution in [-0.2, 0) is 16.4 Å². The highest BCUT2D eigenvalue weighted by Gasteiger charge is 2.30. The molecule has 9 heteroatoms. The van der Waals surface area contributed by atoms with E-state index in [1.807, 2.05) is 31.0 Å². The van der Waals surface area contributed by atoms with Crippen molar-refractivity contribution in [1.82, 2.24) is 9.21 Å². The second-order valence-electron chi connectivity index (χ2n) is 6.69. The summed E-state index contributed by atoms with van der Waals surface area (Å²) < 4.78 is 32.7. The van der Waals surface area contributed by atoms with Gasteiger partial charge in [-0.05, 0) is 43.3 Å². The fourth-order valence-corrected chi connectivity index (χ4v) is 4.43. The van der Waals surface area contributed by atoms with Crippen LogP contribution in [0.4, 0.5) is 5.69 Å². The first kappa shape index (κ1) is 20.2. The van der Waals surface area contributed by atoms with E-state index in [1.165, 1.54) is 16.4 Å². The average molecular weight is 405 g/mol. The van der Waals surface area contributed by atoms with E-state index in [-0.39, 0.29) is 16.3 Å². The number of aryl methyl sites for hydroxylation is 1. The molecule has 0 radical (unpaired) electrons. The van der Waals surface area contributed by atoms with Gasteiger partial charge in [-0.3, -0.25) is 10.1 Å². The number of hydrogen-bond acceptors (Lipinski definition) is 6. The lowest BCUT2D eigenvalue weighted by Gasteiger charge is -2.31. The number of piperazine rings is 1. The second kappa shape index (κ2) is 8.26. The van der Waals surface area contributed by atoms with Gasteiger partial charge in [-0.1, -0.05) is 19.1 Å². The molecule has 0 N–H and O–H groups in total. The number of nitro groups is 1. The Morgan fingerprint density at radius 3 is 2.29 bits per heavy atom. The monoisotopic (exact) mass is 405 g/mol. The number of ether oxygens (including phenoxy) is 1. The van der Waals surface area contributed by atoms with Crippen molar-refractivity contribution < 1.29 is 18.1 Å². The Balaban J connectivity index is 1.89. The van der Waals surface area contributed by atoms with E-state index in [1.54, 1.807) is 12.1 Å². The lowest BCUT2D eigenvalue weighted by atomic mass is 10.2. The van der Waals surface area contributed by atoms with E-state index < -0.39 is 14.9 Å². The van der Waals surface area contributed by atoms with Gasteiger partial charge in [0.2, 0.25) is 15.8 Å². The molecule has 1 aliphatic heterocycles. The number of sulfonamides is 1. The lowest BCUT2D eigenvalue weighted by molar-refractivity contribution is -0.385. The average Bonchev–Trinajstić information content (AvgIpc) is 2.69. The third-order valence-electron chi connectivity index (χ3n) is 4.79. The van der Waals surface area contributed by atoms with E-state index >= 15 is 0 Å². The van der Waals surface area contributed by atoms with Crippen molar-refractivity contribution in [1.29, 1.82) is 0 Å². The Morgan fingerprint density at radius 2 is 1.71 bits per heavy atom. The molecule has 3 rings (SSSR count). The molecule has 28 heavy (non-hydrogen) atoms. The van der Waals surface area contributed by atoms with Gasteiger partial charge < -0.3 is 9.64 Å². The van der Waals surface area contributed by atoms with E-state index in [0.29, 0.717) is 31.9 Å². The molecular weight excluding hydrogens is 382 g/mol. The number of likely N-dealkylation sites (N-methyl/N-ethyl adjacent to an activating group) is 1. The molecule has 0 saturated carbocycles. The molecule has 1 saturated heterocycles. The summed E-state index contributed by atoms with van der Waals surface area (Å²) in [7, 11) is -1.87. The van der Waals surface area contributed by atoms with Crippen LogP contribution in [0.2, 0.25) is 0 Å². The summed E-state index contributed by atoms with van der Waals surface area (Å²) in [6.07, 6.45) is 0.874. The van der Waals surface area contributed by atoms with Crippen LogP contribution in [0.15, 0.2) is 47.4 Å². The van der Waals surface area contributed by atoms with Crippen LogP contribution in [0.1, 0.15) is 12.5 Å². The van der Waals surface area contributed by atoms with E-state index in [9.17, 15) is 18.5 Å². The third-order valence-corrected chi connectivity index (χ3v) is 6.68. The maximum atomic E-state index is 12.9. The summed E-state index contributed by atoms with van der Waals surface area (Å²) in [6.45, 7) is 3.98. The zero-order valence-electron chi connectivity index (χ0n) is 15.9. The Hall–Kier alpha value is -2.49. The van der Waals surface area contributed by atoms with Gasteiger partial charge in [-0.25, -0.2) is 8.42 Å². The molecule has 2 aromatic rings. The van der Waals surface area contributed by atoms with Crippen molar-refractivity contribution in [3.63, 3.8) is 0 Å². The summed E-state index contributed by atoms with van der Waals surface area (Å²) in [6, 6.07) is 11.0. The molecule has 2 aromatic carbocycles. The van der Waals surface area contributed by atoms with Crippen LogP contribution in [0.25, 0.3) is 0 Å². The fourth-order valence-electron chi connectivity index (χ4n) is 2.98. The molecule has 0 amide bonds. The van der Waals surface area contributed by atoms with Crippen molar-refractivity contribution in [2.45, 2.75) is 18.2 Å². The van der Waals surface area contributed by atoms with Crippen LogP contribution in [0.5, 0.6) is 11.5 Å². The van der Waals surface area contributed by atoms with Crippen molar-refractivity contribution in [3.05, 3.63) is 58.1 Å². The number of rotatable bonds is 6. The summed E-state index contributed by atoms with van der Waals surface area (Å²) in [5.74, 6) is 0.460. The zero-order chi connectivity index (χ0) is 20.3. The van der Waals surface area contributed by atoms with Gasteiger partial charge in [0.15, 0.2) is 0 Å². The third kappa shape index (κ3) is 4.32. The summed E-state index contributed by atoms with van der Waals surface area (Å²) in [5, 5.41) is 11.5. The predicted molar refractivity (Wildman–Crippen MR) is 105 cm³/mol. The van der Waals surface area contributed by atoms with Crippen molar-refractivity contribution in [2.75, 3.05) is 33.2 Å². The fraction of sp³-hybridized carbons (Fsp3) is 0.368. The molecule has 1 fully saturated rings. The lowest BCUT2D eigenvalue weighted by Crippen LogP contribution is -2.47. The molecule has 0 unspecified atom stereocenters. The van der Waals surface area contributed by atoms with Crippen LogP contribution in [0.3, 0.4) is 0 Å². The number of benzene rings is 2. The first-order valence-corrected chi connectivity index (χ1v) is 10.5. The minimum Gasteiger partial charge on any atom is -0.450 e. The van der Waals surface area contributed by atoms with Crippen molar-refractivity contribution >= 4 is 15.7 Å². The Labute approximate surface area is 164 Å². The smallest absolute Gasteiger partial charge is 0.312 e. The summed E-state index contributed by atoms with van der Waals surface area (Å²) in [4.78, 5) is 12.8. The topological polar surface area (TPSA) is 93.0 Å². The molecule has 0 spiro atoms. The highest BCUT2D eigenvalue weighted by Crippen LogP contribution is 2.34. The quantitative estimate of drug-likeness (QED) is 0.542. The normalized spacial score (nSPS) is 16.1. The number of nitrogens with zero attached hydrogens (tertiary/aromatic N) is 3. The highest BCUT2D eigenvalue weighted by molar-refractivity contribution is 7.89. The predicted octanol–water partition coefficient (Wildman–Crippen LogP) is 2.89. The minimum absolute atomic E-state index is 0.00609. The van der Waals surface area contributed by atoms with Crippen LogP contribution < -0.4 is 4.74 Å². The number of hydrogen-bond donors (Lipinski definition) is 0. The van der Waals surface area contributed by atoms with Crippen LogP contribution in [-0.4, -0.2) is 55.8 Å². The second-order valence-corrected chi connectivity index (χ2v) is 8.63. The van der Waals surface area contributed by atoms with Gasteiger partial charge in [0.25, 0.3) is 0 Å². The van der Waals surface area contributed by atoms with Gasteiger partial charge in [0.1, 0.15) is 5.75 Å². The van der Waals surface area contributed by atoms with E-state index in [2.05, 4.69) is 0 Å². The maximum Gasteiger partial charge on any atom is 0.312 e. The molecular formula is C19H23N3O5S. The largest absolute Gasteiger partial charge is 0.450 e. The first-order chi connectivity index (χ1) is 13.3. The number of nitro benzene ring substituents is 1. The Bertz CT molecular complexity index is 952. The highest BCUT2D eigenvalue weighted by atomic mass is 32.2. The molecule has 0 aliphatic carbocycles. The molecule has 1 heterocycles. The molecule has 0 aromatic heterocycles. The molecule has 0 atom stereocenters. The van der Waals surface area contributed by atoms with Gasteiger partial charge >= 0.3 is 5.69 Å². The Morgan fingerprint density at radius 1 is 1.07 bits per heavy atom. The van der Waals surface area contributed by atoms with Crippen molar-refractivity contribution in [2.24, 2.45) is 0 Å². The summed E-state index contributed by atoms with van der Waals surface area (Å²) >= 11 is 0. The van der Waals surface area contributed by atoms with E-state index in [0.717, 1.165) is 18.1 Å². The van der Waals surface area contributed by atoms with Crippen molar-refractivity contribution in [3.8, 4) is 11.5 Å². The molecule has 0 bridgehead atoms. The SMILES string of the molecule is CCc1ccc(Oc2ccc(S(=O)(=O)N3CCN(C)CC3)cc2[N+](=O)[O-])cc1. The standard InChI is InChI=1S/C19H23N3O5S/c1-3-15-4-6-16(7-5-15)27-19-9-8-17(14-18(19)22(23)24)28(25,26)21-12-10-20(2)11-13-21/h4-9,14H,3,10-13H2,1-2H3. The maximum absolute atomic E-state index is 12.9. The molecule has 1 aliphatic rings. The first-order valence-electron chi connectivity index (χ1n) is 9.05. The summed E-state index contributed by atoms with van der Waals surface area (Å²) in [5.41, 5.74) is 0.741. The minimum atomic E-state index is -3.79. The molecule has 150 valence electrons. The molecule has 8 nitrogen and oxygen atoms in total. The van der Waals surface area contributed by atoms with E-state index in [4.69, 9.17) is 4.74 Å². The van der Waals surface area contributed by atoms with Crippen LogP contribution in [0, 0.1) is 10.1 Å².